The van der Waals surface area contributed by atoms with Gasteiger partial charge in [-0.05, 0) is 50.4 Å². The second kappa shape index (κ2) is 7.23. The average molecular weight is 320 g/mol. The fourth-order valence-corrected chi connectivity index (χ4v) is 4.65. The van der Waals surface area contributed by atoms with Crippen LogP contribution in [-0.4, -0.2) is 47.3 Å². The maximum atomic E-state index is 12.9. The van der Waals surface area contributed by atoms with Gasteiger partial charge in [-0.2, -0.15) is 0 Å². The molecule has 0 bridgehead atoms. The Hall–Kier alpha value is -1.06. The van der Waals surface area contributed by atoms with Crippen molar-refractivity contribution in [1.29, 1.82) is 0 Å². The van der Waals surface area contributed by atoms with Gasteiger partial charge in [0.05, 0.1) is 0 Å². The fourth-order valence-electron chi connectivity index (χ4n) is 4.65. The summed E-state index contributed by atoms with van der Waals surface area (Å²) in [6, 6.07) is -0.181. The molecule has 0 aromatic carbocycles. The van der Waals surface area contributed by atoms with Crippen molar-refractivity contribution in [3.8, 4) is 0 Å². The van der Waals surface area contributed by atoms with Gasteiger partial charge in [0.25, 0.3) is 0 Å². The van der Waals surface area contributed by atoms with E-state index in [1.54, 1.807) is 0 Å². The molecule has 0 aromatic rings. The molecule has 1 aliphatic carbocycles. The molecule has 1 saturated carbocycles. The Bertz CT molecular complexity index is 437. The summed E-state index contributed by atoms with van der Waals surface area (Å²) in [4.78, 5) is 29.8. The monoisotopic (exact) mass is 320 g/mol. The second-order valence-corrected chi connectivity index (χ2v) is 8.03. The molecule has 3 aliphatic rings. The van der Waals surface area contributed by atoms with Crippen LogP contribution in [0, 0.1) is 17.8 Å². The van der Waals surface area contributed by atoms with Crippen molar-refractivity contribution in [3.05, 3.63) is 0 Å². The molecule has 1 unspecified atom stereocenters. The molecule has 130 valence electrons. The lowest BCUT2D eigenvalue weighted by atomic mass is 9.91. The van der Waals surface area contributed by atoms with Crippen LogP contribution in [0.3, 0.4) is 0 Å². The van der Waals surface area contributed by atoms with E-state index in [1.165, 1.54) is 25.7 Å². The van der Waals surface area contributed by atoms with Crippen LogP contribution >= 0.6 is 0 Å². The zero-order chi connectivity index (χ0) is 16.4. The van der Waals surface area contributed by atoms with Gasteiger partial charge in [0.15, 0.2) is 0 Å². The van der Waals surface area contributed by atoms with Crippen molar-refractivity contribution in [1.82, 2.24) is 9.80 Å². The van der Waals surface area contributed by atoms with E-state index in [-0.39, 0.29) is 23.8 Å². The lowest BCUT2D eigenvalue weighted by molar-refractivity contribution is -0.147. The molecular weight excluding hydrogens is 288 g/mol. The third kappa shape index (κ3) is 3.56. The summed E-state index contributed by atoms with van der Waals surface area (Å²) in [5.74, 6) is 1.80. The predicted octanol–water partition coefficient (Wildman–Crippen LogP) is 3.06. The van der Waals surface area contributed by atoms with E-state index in [9.17, 15) is 9.59 Å². The number of nitrogens with zero attached hydrogens (tertiary/aromatic N) is 2. The third-order valence-electron chi connectivity index (χ3n) is 6.41. The summed E-state index contributed by atoms with van der Waals surface area (Å²) in [6.45, 7) is 6.86. The van der Waals surface area contributed by atoms with Gasteiger partial charge in [-0.1, -0.05) is 26.7 Å². The van der Waals surface area contributed by atoms with Crippen LogP contribution in [-0.2, 0) is 9.59 Å². The first-order chi connectivity index (χ1) is 11.1. The highest BCUT2D eigenvalue weighted by atomic mass is 16.2. The summed E-state index contributed by atoms with van der Waals surface area (Å²) in [6.07, 6.45) is 8.92. The van der Waals surface area contributed by atoms with Gasteiger partial charge < -0.3 is 9.80 Å². The van der Waals surface area contributed by atoms with E-state index in [4.69, 9.17) is 0 Å². The minimum atomic E-state index is -0.181. The lowest BCUT2D eigenvalue weighted by Crippen LogP contribution is -2.51. The minimum absolute atomic E-state index is 0.0901. The Balaban J connectivity index is 1.62. The number of hydrogen-bond acceptors (Lipinski definition) is 2. The van der Waals surface area contributed by atoms with Crippen LogP contribution in [0.15, 0.2) is 0 Å². The lowest BCUT2D eigenvalue weighted by Gasteiger charge is -2.35. The SMILES string of the molecule is CC1CCN(C(=O)[C@@H]2CCCN2C(=O)C(C)C2CCCC2)CC1. The standard InChI is InChI=1S/C19H32N2O2/c1-14-9-12-20(13-10-14)19(23)17-8-5-11-21(17)18(22)15(2)16-6-3-4-7-16/h14-17H,3-13H2,1-2H3/t15?,17-/m0/s1. The van der Waals surface area contributed by atoms with Crippen LogP contribution in [0.5, 0.6) is 0 Å². The number of likely N-dealkylation sites (tertiary alicyclic amines) is 2. The highest BCUT2D eigenvalue weighted by Gasteiger charge is 2.40. The summed E-state index contributed by atoms with van der Waals surface area (Å²) in [5, 5.41) is 0. The first-order valence-corrected chi connectivity index (χ1v) is 9.67. The Kier molecular flexibility index (Phi) is 5.27. The van der Waals surface area contributed by atoms with Crippen molar-refractivity contribution in [2.45, 2.75) is 71.3 Å². The molecule has 2 atom stereocenters. The Morgan fingerprint density at radius 2 is 1.57 bits per heavy atom. The Labute approximate surface area is 140 Å². The van der Waals surface area contributed by atoms with E-state index in [0.717, 1.165) is 51.2 Å². The first-order valence-electron chi connectivity index (χ1n) is 9.67. The van der Waals surface area contributed by atoms with Gasteiger partial charge in [-0.25, -0.2) is 0 Å². The van der Waals surface area contributed by atoms with E-state index in [2.05, 4.69) is 13.8 Å². The minimum Gasteiger partial charge on any atom is -0.341 e. The van der Waals surface area contributed by atoms with Crippen LogP contribution < -0.4 is 0 Å². The van der Waals surface area contributed by atoms with Crippen LogP contribution in [0.1, 0.15) is 65.2 Å². The molecular formula is C19H32N2O2. The highest BCUT2D eigenvalue weighted by molar-refractivity contribution is 5.89. The highest BCUT2D eigenvalue weighted by Crippen LogP contribution is 2.34. The number of piperidine rings is 1. The third-order valence-corrected chi connectivity index (χ3v) is 6.41. The fraction of sp³-hybridized carbons (Fsp3) is 0.895. The first kappa shape index (κ1) is 16.8. The summed E-state index contributed by atoms with van der Waals surface area (Å²) >= 11 is 0. The van der Waals surface area contributed by atoms with Gasteiger partial charge in [0.1, 0.15) is 6.04 Å². The molecule has 2 amide bonds. The molecule has 4 nitrogen and oxygen atoms in total. The normalized spacial score (nSPS) is 28.3. The molecule has 2 heterocycles. The van der Waals surface area contributed by atoms with Crippen molar-refractivity contribution in [2.24, 2.45) is 17.8 Å². The molecule has 2 saturated heterocycles. The smallest absolute Gasteiger partial charge is 0.245 e. The molecule has 3 fully saturated rings. The van der Waals surface area contributed by atoms with E-state index in [1.807, 2.05) is 9.80 Å². The van der Waals surface area contributed by atoms with Crippen molar-refractivity contribution in [2.75, 3.05) is 19.6 Å². The van der Waals surface area contributed by atoms with Crippen LogP contribution in [0.2, 0.25) is 0 Å². The van der Waals surface area contributed by atoms with Crippen molar-refractivity contribution >= 4 is 11.8 Å². The zero-order valence-corrected chi connectivity index (χ0v) is 14.8. The van der Waals surface area contributed by atoms with E-state index in [0.29, 0.717) is 5.92 Å². The maximum absolute atomic E-state index is 12.9. The second-order valence-electron chi connectivity index (χ2n) is 8.03. The molecule has 0 radical (unpaired) electrons. The van der Waals surface area contributed by atoms with Crippen molar-refractivity contribution in [3.63, 3.8) is 0 Å². The van der Waals surface area contributed by atoms with Gasteiger partial charge in [-0.15, -0.1) is 0 Å². The molecule has 0 N–H and O–H groups in total. The number of amides is 2. The van der Waals surface area contributed by atoms with Crippen molar-refractivity contribution < 1.29 is 9.59 Å². The van der Waals surface area contributed by atoms with Gasteiger partial charge >= 0.3 is 0 Å². The number of rotatable bonds is 3. The number of carbonyl (C=O) groups excluding carboxylic acids is 2. The largest absolute Gasteiger partial charge is 0.341 e. The summed E-state index contributed by atoms with van der Waals surface area (Å²) in [7, 11) is 0. The van der Waals surface area contributed by atoms with E-state index >= 15 is 0 Å². The molecule has 2 aliphatic heterocycles. The van der Waals surface area contributed by atoms with Crippen LogP contribution in [0.4, 0.5) is 0 Å². The average Bonchev–Trinajstić information content (AvgIpc) is 3.24. The van der Waals surface area contributed by atoms with Gasteiger partial charge in [0.2, 0.25) is 11.8 Å². The molecule has 23 heavy (non-hydrogen) atoms. The number of hydrogen-bond donors (Lipinski definition) is 0. The van der Waals surface area contributed by atoms with E-state index < -0.39 is 0 Å². The van der Waals surface area contributed by atoms with Gasteiger partial charge in [-0.3, -0.25) is 9.59 Å². The van der Waals surface area contributed by atoms with Gasteiger partial charge in [0, 0.05) is 25.6 Å². The predicted molar refractivity (Wildman–Crippen MR) is 90.8 cm³/mol. The topological polar surface area (TPSA) is 40.6 Å². The molecule has 0 spiro atoms. The molecule has 3 rings (SSSR count). The summed E-state index contributed by atoms with van der Waals surface area (Å²) in [5.41, 5.74) is 0. The molecule has 4 heteroatoms. The summed E-state index contributed by atoms with van der Waals surface area (Å²) < 4.78 is 0. The quantitative estimate of drug-likeness (QED) is 0.802. The zero-order valence-electron chi connectivity index (χ0n) is 14.8. The number of carbonyl (C=O) groups is 2. The molecule has 0 aromatic heterocycles. The Morgan fingerprint density at radius 3 is 2.22 bits per heavy atom. The van der Waals surface area contributed by atoms with Crippen LogP contribution in [0.25, 0.3) is 0 Å². The Morgan fingerprint density at radius 1 is 0.913 bits per heavy atom. The maximum Gasteiger partial charge on any atom is 0.245 e.